The van der Waals surface area contributed by atoms with E-state index in [1.807, 2.05) is 6.92 Å². The summed E-state index contributed by atoms with van der Waals surface area (Å²) < 4.78 is 27.3. The summed E-state index contributed by atoms with van der Waals surface area (Å²) >= 11 is 0. The van der Waals surface area contributed by atoms with Crippen molar-refractivity contribution in [2.75, 3.05) is 19.6 Å². The lowest BCUT2D eigenvalue weighted by Crippen LogP contribution is -2.37. The van der Waals surface area contributed by atoms with Gasteiger partial charge in [0.1, 0.15) is 0 Å². The quantitative estimate of drug-likeness (QED) is 0.479. The molecular formula is C8H21N3O2S. The van der Waals surface area contributed by atoms with Crippen LogP contribution in [0.15, 0.2) is 0 Å². The minimum absolute atomic E-state index is 0.484. The Morgan fingerprint density at radius 1 is 1.07 bits per heavy atom. The van der Waals surface area contributed by atoms with Crippen molar-refractivity contribution in [3.63, 3.8) is 0 Å². The molecule has 0 aliphatic heterocycles. The van der Waals surface area contributed by atoms with Crippen molar-refractivity contribution in [2.45, 2.75) is 32.6 Å². The zero-order valence-electron chi connectivity index (χ0n) is 8.75. The standard InChI is InChI=1S/C8H21N3O2S/c1-2-7-10-14(12,13)11-8-5-3-4-6-9/h10-11H,2-9H2,1H3. The topological polar surface area (TPSA) is 84.2 Å². The van der Waals surface area contributed by atoms with Crippen LogP contribution in [0.5, 0.6) is 0 Å². The van der Waals surface area contributed by atoms with Gasteiger partial charge in [-0.3, -0.25) is 0 Å². The van der Waals surface area contributed by atoms with E-state index < -0.39 is 10.2 Å². The van der Waals surface area contributed by atoms with Gasteiger partial charge in [0.2, 0.25) is 0 Å². The maximum absolute atomic E-state index is 11.2. The van der Waals surface area contributed by atoms with Crippen LogP contribution in [0.1, 0.15) is 32.6 Å². The van der Waals surface area contributed by atoms with Crippen molar-refractivity contribution >= 4 is 10.2 Å². The summed E-state index contributed by atoms with van der Waals surface area (Å²) in [4.78, 5) is 0. The number of nitrogens with two attached hydrogens (primary N) is 1. The monoisotopic (exact) mass is 223 g/mol. The van der Waals surface area contributed by atoms with E-state index >= 15 is 0 Å². The van der Waals surface area contributed by atoms with Crippen LogP contribution in [-0.2, 0) is 10.2 Å². The Morgan fingerprint density at radius 3 is 2.29 bits per heavy atom. The van der Waals surface area contributed by atoms with Crippen molar-refractivity contribution in [1.82, 2.24) is 9.44 Å². The highest BCUT2D eigenvalue weighted by Crippen LogP contribution is 1.91. The smallest absolute Gasteiger partial charge is 0.276 e. The fraction of sp³-hybridized carbons (Fsp3) is 1.00. The first-order valence-electron chi connectivity index (χ1n) is 5.06. The van der Waals surface area contributed by atoms with Crippen molar-refractivity contribution in [2.24, 2.45) is 5.73 Å². The molecule has 0 bridgehead atoms. The van der Waals surface area contributed by atoms with E-state index in [1.54, 1.807) is 0 Å². The van der Waals surface area contributed by atoms with Crippen LogP contribution >= 0.6 is 0 Å². The zero-order valence-corrected chi connectivity index (χ0v) is 9.57. The van der Waals surface area contributed by atoms with Gasteiger partial charge in [-0.15, -0.1) is 0 Å². The van der Waals surface area contributed by atoms with E-state index in [-0.39, 0.29) is 0 Å². The van der Waals surface area contributed by atoms with E-state index in [9.17, 15) is 8.42 Å². The van der Waals surface area contributed by atoms with Crippen molar-refractivity contribution in [3.05, 3.63) is 0 Å². The molecule has 0 heterocycles. The minimum atomic E-state index is -3.26. The molecule has 0 amide bonds. The molecule has 0 aliphatic rings. The Balaban J connectivity index is 3.46. The molecule has 0 rings (SSSR count). The highest BCUT2D eigenvalue weighted by molar-refractivity contribution is 7.87. The third-order valence-corrected chi connectivity index (χ3v) is 2.88. The zero-order chi connectivity index (χ0) is 10.9. The van der Waals surface area contributed by atoms with Gasteiger partial charge in [0.25, 0.3) is 10.2 Å². The molecule has 0 spiro atoms. The molecule has 86 valence electrons. The van der Waals surface area contributed by atoms with Crippen LogP contribution in [0.2, 0.25) is 0 Å². The summed E-state index contributed by atoms with van der Waals surface area (Å²) in [5.74, 6) is 0. The average molecular weight is 223 g/mol. The van der Waals surface area contributed by atoms with Crippen molar-refractivity contribution in [3.8, 4) is 0 Å². The first kappa shape index (κ1) is 13.8. The number of hydrogen-bond acceptors (Lipinski definition) is 3. The fourth-order valence-corrected chi connectivity index (χ4v) is 1.93. The van der Waals surface area contributed by atoms with Gasteiger partial charge in [0, 0.05) is 13.1 Å². The molecule has 0 aromatic rings. The molecule has 0 saturated carbocycles. The lowest BCUT2D eigenvalue weighted by molar-refractivity contribution is 0.560. The molecule has 14 heavy (non-hydrogen) atoms. The maximum atomic E-state index is 11.2. The van der Waals surface area contributed by atoms with Gasteiger partial charge >= 0.3 is 0 Å². The molecule has 5 nitrogen and oxygen atoms in total. The van der Waals surface area contributed by atoms with Crippen molar-refractivity contribution in [1.29, 1.82) is 0 Å². The van der Waals surface area contributed by atoms with Gasteiger partial charge in [-0.2, -0.15) is 8.42 Å². The van der Waals surface area contributed by atoms with Crippen LogP contribution in [0.4, 0.5) is 0 Å². The second kappa shape index (κ2) is 8.16. The average Bonchev–Trinajstić information content (AvgIpc) is 2.15. The van der Waals surface area contributed by atoms with E-state index in [1.165, 1.54) is 0 Å². The van der Waals surface area contributed by atoms with Crippen LogP contribution in [-0.4, -0.2) is 28.1 Å². The maximum Gasteiger partial charge on any atom is 0.276 e. The first-order valence-corrected chi connectivity index (χ1v) is 6.55. The van der Waals surface area contributed by atoms with E-state index in [4.69, 9.17) is 5.73 Å². The molecule has 0 fully saturated rings. The van der Waals surface area contributed by atoms with Crippen LogP contribution in [0.3, 0.4) is 0 Å². The molecule has 0 aromatic carbocycles. The van der Waals surface area contributed by atoms with E-state index in [2.05, 4.69) is 9.44 Å². The molecule has 0 atom stereocenters. The third-order valence-electron chi connectivity index (χ3n) is 1.72. The molecular weight excluding hydrogens is 202 g/mol. The largest absolute Gasteiger partial charge is 0.330 e. The molecule has 6 heteroatoms. The molecule has 0 unspecified atom stereocenters. The summed E-state index contributed by atoms with van der Waals surface area (Å²) in [5.41, 5.74) is 5.31. The van der Waals surface area contributed by atoms with Gasteiger partial charge < -0.3 is 5.73 Å². The summed E-state index contributed by atoms with van der Waals surface area (Å²) in [6, 6.07) is 0. The molecule has 4 N–H and O–H groups in total. The van der Waals surface area contributed by atoms with Crippen LogP contribution < -0.4 is 15.2 Å². The SMILES string of the molecule is CCCNS(=O)(=O)NCCCCCN. The number of hydrogen-bond donors (Lipinski definition) is 3. The first-order chi connectivity index (χ1) is 6.62. The Hall–Kier alpha value is -0.170. The second-order valence-corrected chi connectivity index (χ2v) is 4.73. The number of nitrogens with one attached hydrogen (secondary N) is 2. The Bertz CT molecular complexity index is 217. The Kier molecular flexibility index (Phi) is 8.07. The van der Waals surface area contributed by atoms with Crippen LogP contribution in [0.25, 0.3) is 0 Å². The highest BCUT2D eigenvalue weighted by Gasteiger charge is 2.05. The predicted octanol–water partition coefficient (Wildman–Crippen LogP) is -0.0506. The van der Waals surface area contributed by atoms with Gasteiger partial charge in [-0.25, -0.2) is 9.44 Å². The molecule has 0 aromatic heterocycles. The fourth-order valence-electron chi connectivity index (χ4n) is 0.940. The number of unbranched alkanes of at least 4 members (excludes halogenated alkanes) is 2. The summed E-state index contributed by atoms with van der Waals surface area (Å²) in [7, 11) is -3.26. The van der Waals surface area contributed by atoms with E-state index in [0.717, 1.165) is 25.7 Å². The second-order valence-electron chi connectivity index (χ2n) is 3.14. The lowest BCUT2D eigenvalue weighted by Gasteiger charge is -2.06. The summed E-state index contributed by atoms with van der Waals surface area (Å²) in [6.45, 7) is 3.56. The van der Waals surface area contributed by atoms with Crippen molar-refractivity contribution < 1.29 is 8.42 Å². The molecule has 0 saturated heterocycles. The van der Waals surface area contributed by atoms with Gasteiger partial charge in [-0.1, -0.05) is 13.3 Å². The van der Waals surface area contributed by atoms with Gasteiger partial charge in [-0.05, 0) is 25.8 Å². The molecule has 0 radical (unpaired) electrons. The van der Waals surface area contributed by atoms with E-state index in [0.29, 0.717) is 19.6 Å². The minimum Gasteiger partial charge on any atom is -0.330 e. The third kappa shape index (κ3) is 8.43. The number of rotatable bonds is 9. The Labute approximate surface area is 86.6 Å². The lowest BCUT2D eigenvalue weighted by atomic mass is 10.2. The predicted molar refractivity (Wildman–Crippen MR) is 58.1 cm³/mol. The van der Waals surface area contributed by atoms with Crippen LogP contribution in [0, 0.1) is 0 Å². The highest BCUT2D eigenvalue weighted by atomic mass is 32.2. The summed E-state index contributed by atoms with van der Waals surface area (Å²) in [6.07, 6.45) is 3.55. The summed E-state index contributed by atoms with van der Waals surface area (Å²) in [5, 5.41) is 0. The Morgan fingerprint density at radius 2 is 1.71 bits per heavy atom. The van der Waals surface area contributed by atoms with Gasteiger partial charge in [0.05, 0.1) is 0 Å². The van der Waals surface area contributed by atoms with Gasteiger partial charge in [0.15, 0.2) is 0 Å². The normalized spacial score (nSPS) is 11.9. The molecule has 0 aliphatic carbocycles.